The maximum Gasteiger partial charge on any atom is 0.254 e. The van der Waals surface area contributed by atoms with Crippen molar-refractivity contribution >= 4 is 23.2 Å². The van der Waals surface area contributed by atoms with Crippen molar-refractivity contribution in [1.29, 1.82) is 0 Å². The molecule has 0 unspecified atom stereocenters. The minimum absolute atomic E-state index is 0.00274. The molecule has 1 saturated heterocycles. The maximum atomic E-state index is 12.6. The van der Waals surface area contributed by atoms with Gasteiger partial charge in [0.2, 0.25) is 0 Å². The molecule has 5 nitrogen and oxygen atoms in total. The first-order chi connectivity index (χ1) is 11.7. The molecule has 1 aromatic carbocycles. The van der Waals surface area contributed by atoms with Gasteiger partial charge in [0.15, 0.2) is 0 Å². The molecule has 1 aliphatic heterocycles. The number of amides is 1. The predicted molar refractivity (Wildman–Crippen MR) is 95.0 cm³/mol. The molecule has 6 heteroatoms. The van der Waals surface area contributed by atoms with Crippen molar-refractivity contribution in [2.24, 2.45) is 0 Å². The van der Waals surface area contributed by atoms with Gasteiger partial charge in [-0.1, -0.05) is 23.7 Å². The number of hydrogen-bond acceptors (Lipinski definition) is 4. The first-order valence-corrected chi connectivity index (χ1v) is 8.44. The van der Waals surface area contributed by atoms with Gasteiger partial charge in [0.1, 0.15) is 10.9 Å². The first kappa shape index (κ1) is 16.6. The van der Waals surface area contributed by atoms with E-state index in [0.717, 1.165) is 24.5 Å². The van der Waals surface area contributed by atoms with Crippen molar-refractivity contribution < 1.29 is 9.53 Å². The Balaban J connectivity index is 1.67. The van der Waals surface area contributed by atoms with E-state index in [1.807, 2.05) is 30.0 Å². The van der Waals surface area contributed by atoms with Gasteiger partial charge >= 0.3 is 0 Å². The Bertz CT molecular complexity index is 715. The number of hydrogen-bond donors (Lipinski definition) is 0. The van der Waals surface area contributed by atoms with Crippen LogP contribution < -0.4 is 9.64 Å². The topological polar surface area (TPSA) is 45.7 Å². The van der Waals surface area contributed by atoms with Crippen molar-refractivity contribution in [2.45, 2.75) is 6.92 Å². The number of piperazine rings is 1. The maximum absolute atomic E-state index is 12.6. The Morgan fingerprint density at radius 2 is 1.96 bits per heavy atom. The summed E-state index contributed by atoms with van der Waals surface area (Å²) in [5.74, 6) is 0.887. The van der Waals surface area contributed by atoms with Crippen LogP contribution in [0.5, 0.6) is 5.75 Å². The van der Waals surface area contributed by atoms with E-state index in [1.54, 1.807) is 18.3 Å². The summed E-state index contributed by atoms with van der Waals surface area (Å²) in [4.78, 5) is 20.6. The number of para-hydroxylation sites is 2. The Kier molecular flexibility index (Phi) is 5.20. The smallest absolute Gasteiger partial charge is 0.254 e. The van der Waals surface area contributed by atoms with Crippen molar-refractivity contribution in [3.8, 4) is 5.75 Å². The van der Waals surface area contributed by atoms with Gasteiger partial charge in [-0.3, -0.25) is 4.79 Å². The molecule has 0 aliphatic carbocycles. The highest BCUT2D eigenvalue weighted by atomic mass is 35.5. The molecule has 0 bridgehead atoms. The Morgan fingerprint density at radius 1 is 1.21 bits per heavy atom. The van der Waals surface area contributed by atoms with Gasteiger partial charge in [-0.25, -0.2) is 4.98 Å². The first-order valence-electron chi connectivity index (χ1n) is 8.06. The minimum atomic E-state index is -0.00274. The van der Waals surface area contributed by atoms with Crippen LogP contribution >= 0.6 is 11.6 Å². The van der Waals surface area contributed by atoms with E-state index in [4.69, 9.17) is 16.3 Å². The van der Waals surface area contributed by atoms with Gasteiger partial charge in [0, 0.05) is 37.9 Å². The Hall–Kier alpha value is -2.27. The third-order valence-electron chi connectivity index (χ3n) is 4.05. The highest BCUT2D eigenvalue weighted by molar-refractivity contribution is 6.29. The Morgan fingerprint density at radius 3 is 2.67 bits per heavy atom. The molecule has 126 valence electrons. The van der Waals surface area contributed by atoms with E-state index in [-0.39, 0.29) is 5.91 Å². The lowest BCUT2D eigenvalue weighted by atomic mass is 10.2. The van der Waals surface area contributed by atoms with Crippen LogP contribution in [0.1, 0.15) is 17.3 Å². The quantitative estimate of drug-likeness (QED) is 0.799. The molecule has 0 radical (unpaired) electrons. The lowest BCUT2D eigenvalue weighted by Crippen LogP contribution is -2.48. The molecule has 2 heterocycles. The number of benzene rings is 1. The van der Waals surface area contributed by atoms with Crippen LogP contribution in [0.25, 0.3) is 0 Å². The number of rotatable bonds is 4. The van der Waals surface area contributed by atoms with Crippen molar-refractivity contribution in [3.63, 3.8) is 0 Å². The highest BCUT2D eigenvalue weighted by Gasteiger charge is 2.23. The van der Waals surface area contributed by atoms with E-state index in [1.165, 1.54) is 0 Å². The van der Waals surface area contributed by atoms with Crippen LogP contribution in [-0.2, 0) is 0 Å². The third kappa shape index (κ3) is 3.62. The van der Waals surface area contributed by atoms with E-state index < -0.39 is 0 Å². The molecule has 1 amide bonds. The lowest BCUT2D eigenvalue weighted by Gasteiger charge is -2.36. The standard InChI is InChI=1S/C18H20ClN3O2/c1-2-24-16-6-4-3-5-15(16)21-9-11-22(12-10-21)18(23)14-7-8-20-17(19)13-14/h3-8,13H,2,9-12H2,1H3. The zero-order valence-corrected chi connectivity index (χ0v) is 14.4. The van der Waals surface area contributed by atoms with Gasteiger partial charge in [-0.2, -0.15) is 0 Å². The molecule has 0 atom stereocenters. The molecule has 0 N–H and O–H groups in total. The molecule has 1 aliphatic rings. The molecule has 3 rings (SSSR count). The molecule has 1 aromatic heterocycles. The summed E-state index contributed by atoms with van der Waals surface area (Å²) in [5, 5.41) is 0.338. The second-order valence-corrected chi connectivity index (χ2v) is 5.93. The average Bonchev–Trinajstić information content (AvgIpc) is 2.62. The van der Waals surface area contributed by atoms with Crippen molar-refractivity contribution in [2.75, 3.05) is 37.7 Å². The fourth-order valence-electron chi connectivity index (χ4n) is 2.86. The minimum Gasteiger partial charge on any atom is -0.492 e. The van der Waals surface area contributed by atoms with Crippen molar-refractivity contribution in [1.82, 2.24) is 9.88 Å². The van der Waals surface area contributed by atoms with E-state index in [0.29, 0.717) is 30.4 Å². The monoisotopic (exact) mass is 345 g/mol. The molecule has 0 spiro atoms. The summed E-state index contributed by atoms with van der Waals surface area (Å²) >= 11 is 5.87. The average molecular weight is 346 g/mol. The normalized spacial score (nSPS) is 14.6. The largest absolute Gasteiger partial charge is 0.492 e. The van der Waals surface area contributed by atoms with E-state index >= 15 is 0 Å². The second-order valence-electron chi connectivity index (χ2n) is 5.55. The van der Waals surface area contributed by atoms with Crippen LogP contribution in [0, 0.1) is 0 Å². The van der Waals surface area contributed by atoms with Crippen LogP contribution in [-0.4, -0.2) is 48.6 Å². The fourth-order valence-corrected chi connectivity index (χ4v) is 3.04. The van der Waals surface area contributed by atoms with Gasteiger partial charge in [-0.15, -0.1) is 0 Å². The number of aromatic nitrogens is 1. The molecular weight excluding hydrogens is 326 g/mol. The van der Waals surface area contributed by atoms with Gasteiger partial charge in [0.05, 0.1) is 12.3 Å². The SMILES string of the molecule is CCOc1ccccc1N1CCN(C(=O)c2ccnc(Cl)c2)CC1. The summed E-state index contributed by atoms with van der Waals surface area (Å²) < 4.78 is 5.70. The number of nitrogens with zero attached hydrogens (tertiary/aromatic N) is 3. The van der Waals surface area contributed by atoms with E-state index in [9.17, 15) is 4.79 Å². The number of carbonyl (C=O) groups excluding carboxylic acids is 1. The molecule has 2 aromatic rings. The zero-order chi connectivity index (χ0) is 16.9. The van der Waals surface area contributed by atoms with Crippen LogP contribution in [0.15, 0.2) is 42.6 Å². The fraction of sp³-hybridized carbons (Fsp3) is 0.333. The summed E-state index contributed by atoms with van der Waals surface area (Å²) in [6.45, 7) is 5.49. The number of carbonyl (C=O) groups is 1. The Labute approximate surface area is 146 Å². The van der Waals surface area contributed by atoms with E-state index in [2.05, 4.69) is 16.0 Å². The van der Waals surface area contributed by atoms with Crippen molar-refractivity contribution in [3.05, 3.63) is 53.3 Å². The van der Waals surface area contributed by atoms with Crippen LogP contribution in [0.3, 0.4) is 0 Å². The van der Waals surface area contributed by atoms with Gasteiger partial charge < -0.3 is 14.5 Å². The van der Waals surface area contributed by atoms with Gasteiger partial charge in [0.25, 0.3) is 5.91 Å². The van der Waals surface area contributed by atoms with Gasteiger partial charge in [-0.05, 0) is 31.2 Å². The summed E-state index contributed by atoms with van der Waals surface area (Å²) in [5.41, 5.74) is 1.66. The molecule has 1 fully saturated rings. The zero-order valence-electron chi connectivity index (χ0n) is 13.6. The summed E-state index contributed by atoms with van der Waals surface area (Å²) in [6, 6.07) is 11.3. The van der Waals surface area contributed by atoms with Crippen LogP contribution in [0.2, 0.25) is 5.15 Å². The lowest BCUT2D eigenvalue weighted by molar-refractivity contribution is 0.0746. The highest BCUT2D eigenvalue weighted by Crippen LogP contribution is 2.29. The third-order valence-corrected chi connectivity index (χ3v) is 4.25. The van der Waals surface area contributed by atoms with Crippen LogP contribution in [0.4, 0.5) is 5.69 Å². The number of ether oxygens (including phenoxy) is 1. The number of pyridine rings is 1. The number of anilines is 1. The molecule has 24 heavy (non-hydrogen) atoms. The molecule has 0 saturated carbocycles. The molecular formula is C18H20ClN3O2. The summed E-state index contributed by atoms with van der Waals surface area (Å²) in [6.07, 6.45) is 1.56. The number of halogens is 1. The second kappa shape index (κ2) is 7.53. The predicted octanol–water partition coefficient (Wildman–Crippen LogP) is 3.10. The summed E-state index contributed by atoms with van der Waals surface area (Å²) in [7, 11) is 0.